The fraction of sp³-hybridized carbons (Fsp3) is 0.167. The average Bonchev–Trinajstić information content (AvgIpc) is 1.90. The quantitative estimate of drug-likeness (QED) is 0.396. The minimum Gasteiger partial charge on any atom is -0.851 e. The number of rotatable bonds is 1. The van der Waals surface area contributed by atoms with Crippen LogP contribution in [0.15, 0.2) is 24.5 Å². The summed E-state index contributed by atoms with van der Waals surface area (Å²) in [5, 5.41) is 10.1. The van der Waals surface area contributed by atoms with Gasteiger partial charge >= 0.3 is 51.4 Å². The molecule has 0 aliphatic heterocycles. The van der Waals surface area contributed by atoms with E-state index in [4.69, 9.17) is 0 Å². The van der Waals surface area contributed by atoms with Crippen molar-refractivity contribution in [3.8, 4) is 0 Å². The van der Waals surface area contributed by atoms with Crippen LogP contribution in [0.5, 0.6) is 0 Å². The van der Waals surface area contributed by atoms with Crippen LogP contribution in [0.1, 0.15) is 5.56 Å². The molecule has 9 heavy (non-hydrogen) atoms. The minimum atomic E-state index is -0.173. The molecule has 1 aromatic heterocycles. The third-order valence-electron chi connectivity index (χ3n) is 0.889. The van der Waals surface area contributed by atoms with Crippen molar-refractivity contribution < 1.29 is 56.5 Å². The van der Waals surface area contributed by atoms with E-state index in [1.54, 1.807) is 24.5 Å². The van der Waals surface area contributed by atoms with Crippen molar-refractivity contribution in [3.05, 3.63) is 30.1 Å². The van der Waals surface area contributed by atoms with Gasteiger partial charge in [0.15, 0.2) is 0 Å². The first-order valence-corrected chi connectivity index (χ1v) is 2.40. The molecule has 1 rings (SSSR count). The minimum absolute atomic E-state index is 0. The molecule has 0 N–H and O–H groups in total. The molecule has 0 bridgehead atoms. The zero-order chi connectivity index (χ0) is 5.82. The molecule has 0 atom stereocenters. The summed E-state index contributed by atoms with van der Waals surface area (Å²) in [6, 6.07) is 3.52. The molecule has 42 valence electrons. The van der Waals surface area contributed by atoms with Gasteiger partial charge in [-0.05, 0) is 11.6 Å². The summed E-state index contributed by atoms with van der Waals surface area (Å²) in [5.74, 6) is 0. The second-order valence-corrected chi connectivity index (χ2v) is 1.51. The van der Waals surface area contributed by atoms with E-state index >= 15 is 0 Å². The van der Waals surface area contributed by atoms with Crippen LogP contribution >= 0.6 is 0 Å². The maximum atomic E-state index is 10.1. The normalized spacial score (nSPS) is 8.11. The van der Waals surface area contributed by atoms with Gasteiger partial charge in [0, 0.05) is 12.4 Å². The predicted octanol–water partition coefficient (Wildman–Crippen LogP) is -3.05. The fourth-order valence-electron chi connectivity index (χ4n) is 0.484. The van der Waals surface area contributed by atoms with E-state index in [-0.39, 0.29) is 58.0 Å². The molecule has 2 nitrogen and oxygen atoms in total. The number of nitrogens with zero attached hydrogens (tertiary/aromatic N) is 1. The Kier molecular flexibility index (Phi) is 5.98. The molecule has 0 aliphatic rings. The molecule has 0 unspecified atom stereocenters. The van der Waals surface area contributed by atoms with Crippen LogP contribution in [-0.2, 0) is 6.61 Å². The second-order valence-electron chi connectivity index (χ2n) is 1.51. The third-order valence-corrected chi connectivity index (χ3v) is 0.889. The van der Waals surface area contributed by atoms with Gasteiger partial charge in [0.05, 0.1) is 0 Å². The van der Waals surface area contributed by atoms with Gasteiger partial charge in [0.2, 0.25) is 0 Å². The van der Waals surface area contributed by atoms with Crippen molar-refractivity contribution in [2.45, 2.75) is 6.61 Å². The van der Waals surface area contributed by atoms with Crippen LogP contribution in [0, 0.1) is 0 Å². The van der Waals surface area contributed by atoms with Gasteiger partial charge in [-0.3, -0.25) is 4.98 Å². The number of hydrogen-bond acceptors (Lipinski definition) is 2. The van der Waals surface area contributed by atoms with E-state index in [0.717, 1.165) is 5.56 Å². The summed E-state index contributed by atoms with van der Waals surface area (Å²) >= 11 is 0. The first-order valence-electron chi connectivity index (χ1n) is 2.40. The molecule has 3 heteroatoms. The predicted molar refractivity (Wildman–Crippen MR) is 27.9 cm³/mol. The first-order chi connectivity index (χ1) is 3.93. The van der Waals surface area contributed by atoms with Crippen LogP contribution in [0.4, 0.5) is 0 Å². The summed E-state index contributed by atoms with van der Waals surface area (Å²) in [6.45, 7) is -0.173. The van der Waals surface area contributed by atoms with Crippen LogP contribution in [0.25, 0.3) is 0 Å². The van der Waals surface area contributed by atoms with Gasteiger partial charge in [-0.15, -0.1) is 6.61 Å². The largest absolute Gasteiger partial charge is 1.00 e. The van der Waals surface area contributed by atoms with Gasteiger partial charge in [0.25, 0.3) is 0 Å². The summed E-state index contributed by atoms with van der Waals surface area (Å²) < 4.78 is 0. The molecule has 0 aromatic carbocycles. The van der Waals surface area contributed by atoms with Crippen molar-refractivity contribution in [3.63, 3.8) is 0 Å². The van der Waals surface area contributed by atoms with E-state index < -0.39 is 0 Å². The van der Waals surface area contributed by atoms with Gasteiger partial charge in [-0.1, -0.05) is 6.07 Å². The molecule has 0 aliphatic carbocycles. The Morgan fingerprint density at radius 3 is 2.67 bits per heavy atom. The van der Waals surface area contributed by atoms with Gasteiger partial charge < -0.3 is 5.11 Å². The molecule has 0 amide bonds. The number of aromatic nitrogens is 1. The number of pyridine rings is 1. The molecule has 1 heterocycles. The maximum absolute atomic E-state index is 10.1. The Balaban J connectivity index is 0.000000640. The third kappa shape index (κ3) is 3.45. The average molecular weight is 147 g/mol. The van der Waals surface area contributed by atoms with Gasteiger partial charge in [-0.25, -0.2) is 0 Å². The van der Waals surface area contributed by atoms with Crippen molar-refractivity contribution in [2.24, 2.45) is 0 Å². The smallest absolute Gasteiger partial charge is 0.851 e. The molecule has 0 saturated carbocycles. The monoisotopic (exact) mass is 147 g/mol. The Morgan fingerprint density at radius 1 is 1.56 bits per heavy atom. The molecule has 0 radical (unpaired) electrons. The van der Waals surface area contributed by atoms with Crippen LogP contribution in [0.3, 0.4) is 0 Å². The van der Waals surface area contributed by atoms with Gasteiger partial charge in [-0.2, -0.15) is 0 Å². The van der Waals surface area contributed by atoms with E-state index in [9.17, 15) is 5.11 Å². The zero-order valence-corrected chi connectivity index (χ0v) is 8.50. The molecule has 0 spiro atoms. The topological polar surface area (TPSA) is 36.0 Å². The molecule has 1 aromatic rings. The van der Waals surface area contributed by atoms with E-state index in [1.165, 1.54) is 0 Å². The van der Waals surface area contributed by atoms with Crippen LogP contribution in [0.2, 0.25) is 0 Å². The molecule has 0 saturated heterocycles. The van der Waals surface area contributed by atoms with E-state index in [0.29, 0.717) is 0 Å². The zero-order valence-electron chi connectivity index (χ0n) is 5.37. The summed E-state index contributed by atoms with van der Waals surface area (Å²) in [6.07, 6.45) is 3.23. The first kappa shape index (κ1) is 9.75. The molecular weight excluding hydrogens is 141 g/mol. The van der Waals surface area contributed by atoms with Crippen molar-refractivity contribution in [2.75, 3.05) is 0 Å². The van der Waals surface area contributed by atoms with Crippen LogP contribution < -0.4 is 56.5 Å². The molecular formula is C6H6KNO. The summed E-state index contributed by atoms with van der Waals surface area (Å²) in [7, 11) is 0. The Labute approximate surface area is 96.7 Å². The standard InChI is InChI=1S/C6H6NO.K/c8-5-6-2-1-3-7-4-6;/h1-4H,5H2;/q-1;+1. The Morgan fingerprint density at radius 2 is 2.33 bits per heavy atom. The van der Waals surface area contributed by atoms with E-state index in [1.807, 2.05) is 0 Å². The van der Waals surface area contributed by atoms with Gasteiger partial charge in [0.1, 0.15) is 0 Å². The summed E-state index contributed by atoms with van der Waals surface area (Å²) in [5.41, 5.74) is 0.743. The van der Waals surface area contributed by atoms with E-state index in [2.05, 4.69) is 4.98 Å². The maximum Gasteiger partial charge on any atom is 1.00 e. The van der Waals surface area contributed by atoms with Crippen molar-refractivity contribution in [1.82, 2.24) is 4.98 Å². The Hall–Kier alpha value is 0.746. The SMILES string of the molecule is [K+].[O-]Cc1cccnc1. The fourth-order valence-corrected chi connectivity index (χ4v) is 0.484. The Bertz CT molecular complexity index is 154. The van der Waals surface area contributed by atoms with Crippen molar-refractivity contribution >= 4 is 0 Å². The van der Waals surface area contributed by atoms with Crippen LogP contribution in [-0.4, -0.2) is 4.98 Å². The second kappa shape index (κ2) is 5.53. The van der Waals surface area contributed by atoms with Crippen molar-refractivity contribution in [1.29, 1.82) is 0 Å². The molecule has 0 fully saturated rings. The number of hydrogen-bond donors (Lipinski definition) is 0. The summed E-state index contributed by atoms with van der Waals surface area (Å²) in [4.78, 5) is 3.76.